The Labute approximate surface area is 205 Å². The third-order valence-corrected chi connectivity index (χ3v) is 6.84. The maximum absolute atomic E-state index is 14.2. The molecular weight excluding hydrogens is 463 g/mol. The van der Waals surface area contributed by atoms with E-state index in [1.54, 1.807) is 6.07 Å². The van der Waals surface area contributed by atoms with Crippen molar-refractivity contribution in [2.24, 2.45) is 0 Å². The van der Waals surface area contributed by atoms with Gasteiger partial charge in [0.15, 0.2) is 5.65 Å². The predicted octanol–water partition coefficient (Wildman–Crippen LogP) is 4.41. The second kappa shape index (κ2) is 9.41. The first-order valence-corrected chi connectivity index (χ1v) is 11.8. The lowest BCUT2D eigenvalue weighted by Crippen LogP contribution is -2.45. The normalized spacial score (nSPS) is 17.7. The van der Waals surface area contributed by atoms with E-state index in [0.29, 0.717) is 31.4 Å². The van der Waals surface area contributed by atoms with E-state index in [2.05, 4.69) is 10.3 Å². The number of nitrogens with one attached hydrogen (secondary N) is 1. The lowest BCUT2D eigenvalue weighted by Gasteiger charge is -2.29. The van der Waals surface area contributed by atoms with E-state index in [9.17, 15) is 18.8 Å². The van der Waals surface area contributed by atoms with Crippen LogP contribution in [-0.4, -0.2) is 31.4 Å². The van der Waals surface area contributed by atoms with Crippen LogP contribution in [0, 0.1) is 12.7 Å². The van der Waals surface area contributed by atoms with Gasteiger partial charge in [0.2, 0.25) is 0 Å². The minimum absolute atomic E-state index is 0.0154. The van der Waals surface area contributed by atoms with Crippen LogP contribution in [0.2, 0.25) is 0 Å². The molecule has 2 heterocycles. The van der Waals surface area contributed by atoms with Gasteiger partial charge < -0.3 is 10.4 Å². The van der Waals surface area contributed by atoms with Crippen LogP contribution >= 0.6 is 0 Å². The van der Waals surface area contributed by atoms with Gasteiger partial charge in [-0.05, 0) is 67.5 Å². The zero-order valence-corrected chi connectivity index (χ0v) is 19.6. The largest absolute Gasteiger partial charge is 0.465 e. The van der Waals surface area contributed by atoms with Gasteiger partial charge in [0, 0.05) is 12.1 Å². The summed E-state index contributed by atoms with van der Waals surface area (Å²) in [5.41, 5.74) is 2.43. The molecule has 0 aliphatic heterocycles. The maximum atomic E-state index is 14.2. The Balaban J connectivity index is 1.67. The number of carboxylic acid groups (broad SMARTS) is 1. The Morgan fingerprint density at radius 2 is 1.81 bits per heavy atom. The van der Waals surface area contributed by atoms with Crippen molar-refractivity contribution in [2.75, 3.05) is 0 Å². The van der Waals surface area contributed by atoms with Crippen LogP contribution in [-0.2, 0) is 0 Å². The molecule has 9 heteroatoms. The number of rotatable bonds is 4. The Bertz CT molecular complexity index is 1590. The lowest BCUT2D eigenvalue weighted by atomic mass is 9.91. The molecule has 0 atom stereocenters. The number of aromatic nitrogens is 3. The molecule has 0 saturated heterocycles. The summed E-state index contributed by atoms with van der Waals surface area (Å²) in [7, 11) is 0. The average Bonchev–Trinajstić information content (AvgIpc) is 2.86. The van der Waals surface area contributed by atoms with Gasteiger partial charge in [-0.25, -0.2) is 23.5 Å². The molecule has 0 radical (unpaired) electrons. The number of hydrogen-bond acceptors (Lipinski definition) is 4. The highest BCUT2D eigenvalue weighted by molar-refractivity contribution is 5.77. The molecule has 2 N–H and O–H groups in total. The molecule has 0 bridgehead atoms. The van der Waals surface area contributed by atoms with Crippen LogP contribution in [0.3, 0.4) is 0 Å². The van der Waals surface area contributed by atoms with Crippen LogP contribution in [0.4, 0.5) is 9.18 Å². The number of halogens is 1. The molecule has 0 spiro atoms. The summed E-state index contributed by atoms with van der Waals surface area (Å²) >= 11 is 0. The number of pyridine rings is 1. The van der Waals surface area contributed by atoms with E-state index in [-0.39, 0.29) is 17.1 Å². The number of aryl methyl sites for hydroxylation is 1. The van der Waals surface area contributed by atoms with Gasteiger partial charge in [0.1, 0.15) is 5.82 Å². The molecule has 1 aliphatic carbocycles. The minimum atomic E-state index is -1.10. The SMILES string of the molecule is Cc1ccccc1-c1cccc(-n2c(=O)n(C3CCC(NC(=O)O)CC3)c(=O)c3cc(F)cnc32)c1. The summed E-state index contributed by atoms with van der Waals surface area (Å²) < 4.78 is 16.7. The average molecular weight is 489 g/mol. The molecule has 8 nitrogen and oxygen atoms in total. The van der Waals surface area contributed by atoms with Gasteiger partial charge >= 0.3 is 11.8 Å². The first-order valence-electron chi connectivity index (χ1n) is 11.8. The molecule has 0 unspecified atom stereocenters. The molecule has 1 amide bonds. The fourth-order valence-corrected chi connectivity index (χ4v) is 5.10. The van der Waals surface area contributed by atoms with E-state index >= 15 is 0 Å². The summed E-state index contributed by atoms with van der Waals surface area (Å²) in [6.07, 6.45) is 1.76. The van der Waals surface area contributed by atoms with E-state index in [1.807, 2.05) is 49.4 Å². The van der Waals surface area contributed by atoms with Gasteiger partial charge in [0.05, 0.1) is 17.3 Å². The highest BCUT2D eigenvalue weighted by Gasteiger charge is 2.28. The summed E-state index contributed by atoms with van der Waals surface area (Å²) in [6, 6.07) is 15.7. The zero-order chi connectivity index (χ0) is 25.4. The van der Waals surface area contributed by atoms with Crippen molar-refractivity contribution >= 4 is 17.1 Å². The highest BCUT2D eigenvalue weighted by atomic mass is 19.1. The number of fused-ring (bicyclic) bond motifs is 1. The molecule has 1 saturated carbocycles. The quantitative estimate of drug-likeness (QED) is 0.443. The third kappa shape index (κ3) is 4.28. The standard InChI is InChI=1S/C27H25FN4O4/c1-16-5-2-3-8-22(16)17-6-4-7-21(13-17)31-24-23(14-18(28)15-29-24)25(33)32(27(31)36)20-11-9-19(10-12-20)30-26(34)35/h2-8,13-15,19-20,30H,9-12H2,1H3,(H,34,35). The van der Waals surface area contributed by atoms with Crippen molar-refractivity contribution in [3.63, 3.8) is 0 Å². The summed E-state index contributed by atoms with van der Waals surface area (Å²) in [5, 5.41) is 11.5. The predicted molar refractivity (Wildman–Crippen MR) is 134 cm³/mol. The molecule has 36 heavy (non-hydrogen) atoms. The molecule has 4 aromatic rings. The van der Waals surface area contributed by atoms with E-state index < -0.39 is 29.2 Å². The van der Waals surface area contributed by atoms with Crippen molar-refractivity contribution in [1.29, 1.82) is 0 Å². The molecule has 1 aliphatic rings. The molecule has 5 rings (SSSR count). The van der Waals surface area contributed by atoms with Crippen molar-refractivity contribution < 1.29 is 14.3 Å². The van der Waals surface area contributed by atoms with Gasteiger partial charge in [-0.3, -0.25) is 9.36 Å². The van der Waals surface area contributed by atoms with E-state index in [0.717, 1.165) is 29.0 Å². The maximum Gasteiger partial charge on any atom is 0.404 e. The van der Waals surface area contributed by atoms with E-state index in [4.69, 9.17) is 5.11 Å². The smallest absolute Gasteiger partial charge is 0.404 e. The van der Waals surface area contributed by atoms with Gasteiger partial charge in [-0.2, -0.15) is 0 Å². The number of nitrogens with zero attached hydrogens (tertiary/aromatic N) is 3. The van der Waals surface area contributed by atoms with Crippen LogP contribution < -0.4 is 16.6 Å². The molecule has 184 valence electrons. The van der Waals surface area contributed by atoms with E-state index in [1.165, 1.54) is 9.13 Å². The summed E-state index contributed by atoms with van der Waals surface area (Å²) in [6.45, 7) is 2.00. The number of benzene rings is 2. The second-order valence-electron chi connectivity index (χ2n) is 9.14. The van der Waals surface area contributed by atoms with Gasteiger partial charge in [0.25, 0.3) is 5.56 Å². The Kier molecular flexibility index (Phi) is 6.13. The van der Waals surface area contributed by atoms with Crippen LogP contribution in [0.15, 0.2) is 70.4 Å². The van der Waals surface area contributed by atoms with Crippen molar-refractivity contribution in [3.8, 4) is 16.8 Å². The van der Waals surface area contributed by atoms with Crippen molar-refractivity contribution in [3.05, 3.63) is 93.0 Å². The number of carbonyl (C=O) groups is 1. The number of amides is 1. The topological polar surface area (TPSA) is 106 Å². The lowest BCUT2D eigenvalue weighted by molar-refractivity contribution is 0.182. The fourth-order valence-electron chi connectivity index (χ4n) is 5.10. The first kappa shape index (κ1) is 23.5. The fraction of sp³-hybridized carbons (Fsp3) is 0.259. The summed E-state index contributed by atoms with van der Waals surface area (Å²) in [4.78, 5) is 42.4. The third-order valence-electron chi connectivity index (χ3n) is 6.84. The Hall–Kier alpha value is -4.27. The van der Waals surface area contributed by atoms with Crippen LogP contribution in [0.1, 0.15) is 37.3 Å². The van der Waals surface area contributed by atoms with Gasteiger partial charge in [-0.15, -0.1) is 0 Å². The Morgan fingerprint density at radius 3 is 2.53 bits per heavy atom. The molecule has 2 aromatic heterocycles. The molecule has 1 fully saturated rings. The first-order chi connectivity index (χ1) is 17.3. The van der Waals surface area contributed by atoms with Crippen molar-refractivity contribution in [2.45, 2.75) is 44.7 Å². The molecule has 2 aromatic carbocycles. The van der Waals surface area contributed by atoms with Crippen LogP contribution in [0.25, 0.3) is 27.8 Å². The molecular formula is C27H25FN4O4. The van der Waals surface area contributed by atoms with Crippen LogP contribution in [0.5, 0.6) is 0 Å². The monoisotopic (exact) mass is 488 g/mol. The minimum Gasteiger partial charge on any atom is -0.465 e. The number of hydrogen-bond donors (Lipinski definition) is 2. The zero-order valence-electron chi connectivity index (χ0n) is 19.6. The summed E-state index contributed by atoms with van der Waals surface area (Å²) in [5.74, 6) is -0.667. The Morgan fingerprint density at radius 1 is 1.06 bits per heavy atom. The highest BCUT2D eigenvalue weighted by Crippen LogP contribution is 2.28. The van der Waals surface area contributed by atoms with Crippen molar-refractivity contribution in [1.82, 2.24) is 19.4 Å². The van der Waals surface area contributed by atoms with Gasteiger partial charge in [-0.1, -0.05) is 36.4 Å². The second-order valence-corrected chi connectivity index (χ2v) is 9.14.